The van der Waals surface area contributed by atoms with Crippen molar-refractivity contribution >= 4 is 17.3 Å². The summed E-state index contributed by atoms with van der Waals surface area (Å²) in [6, 6.07) is 10.2. The SMILES string of the molecule is CCN(Cc1nc(C)cc(Cl)n1)c1ccc(C)cc1. The predicted octanol–water partition coefficient (Wildman–Crippen LogP) is 3.77. The average molecular weight is 276 g/mol. The zero-order chi connectivity index (χ0) is 13.8. The van der Waals surface area contributed by atoms with E-state index in [0.717, 1.165) is 18.1 Å². The molecule has 1 heterocycles. The summed E-state index contributed by atoms with van der Waals surface area (Å²) < 4.78 is 0. The standard InChI is InChI=1S/C15H18ClN3/c1-4-19(13-7-5-11(2)6-8-13)10-15-17-12(3)9-14(16)18-15/h5-9H,4,10H2,1-3H3. The number of aromatic nitrogens is 2. The first-order chi connectivity index (χ1) is 9.08. The molecule has 0 aliphatic carbocycles. The highest BCUT2D eigenvalue weighted by molar-refractivity contribution is 6.29. The lowest BCUT2D eigenvalue weighted by molar-refractivity contribution is 0.774. The molecule has 3 nitrogen and oxygen atoms in total. The average Bonchev–Trinajstić information content (AvgIpc) is 2.36. The molecule has 0 saturated carbocycles. The fourth-order valence-electron chi connectivity index (χ4n) is 1.97. The number of hydrogen-bond acceptors (Lipinski definition) is 3. The fraction of sp³-hybridized carbons (Fsp3) is 0.333. The Morgan fingerprint density at radius 2 is 1.79 bits per heavy atom. The van der Waals surface area contributed by atoms with E-state index in [9.17, 15) is 0 Å². The van der Waals surface area contributed by atoms with Crippen LogP contribution in [0.2, 0.25) is 5.15 Å². The number of benzene rings is 1. The lowest BCUT2D eigenvalue weighted by Crippen LogP contribution is -2.23. The van der Waals surface area contributed by atoms with Crippen LogP contribution in [0, 0.1) is 13.8 Å². The Hall–Kier alpha value is -1.61. The third-order valence-corrected chi connectivity index (χ3v) is 3.18. The topological polar surface area (TPSA) is 29.0 Å². The molecule has 1 aromatic carbocycles. The van der Waals surface area contributed by atoms with Crippen LogP contribution >= 0.6 is 11.6 Å². The summed E-state index contributed by atoms with van der Waals surface area (Å²) in [4.78, 5) is 10.9. The van der Waals surface area contributed by atoms with Crippen molar-refractivity contribution in [2.24, 2.45) is 0 Å². The van der Waals surface area contributed by atoms with Gasteiger partial charge in [0.05, 0.1) is 6.54 Å². The molecule has 0 radical (unpaired) electrons. The maximum absolute atomic E-state index is 5.97. The Balaban J connectivity index is 2.21. The van der Waals surface area contributed by atoms with Crippen LogP contribution < -0.4 is 4.90 Å². The molecule has 0 saturated heterocycles. The molecule has 4 heteroatoms. The van der Waals surface area contributed by atoms with Crippen LogP contribution in [0.15, 0.2) is 30.3 Å². The first-order valence-corrected chi connectivity index (χ1v) is 6.78. The zero-order valence-electron chi connectivity index (χ0n) is 11.5. The monoisotopic (exact) mass is 275 g/mol. The van der Waals surface area contributed by atoms with Crippen molar-refractivity contribution < 1.29 is 0 Å². The molecule has 0 fully saturated rings. The molecule has 0 aliphatic rings. The van der Waals surface area contributed by atoms with Gasteiger partial charge < -0.3 is 4.90 Å². The minimum absolute atomic E-state index is 0.502. The lowest BCUT2D eigenvalue weighted by atomic mass is 10.2. The van der Waals surface area contributed by atoms with Gasteiger partial charge in [-0.05, 0) is 39.0 Å². The number of hydrogen-bond donors (Lipinski definition) is 0. The van der Waals surface area contributed by atoms with Crippen LogP contribution in [-0.4, -0.2) is 16.5 Å². The first kappa shape index (κ1) is 13.8. The first-order valence-electron chi connectivity index (χ1n) is 6.40. The molecule has 2 rings (SSSR count). The van der Waals surface area contributed by atoms with E-state index < -0.39 is 0 Å². The molecule has 0 bridgehead atoms. The molecule has 1 aromatic heterocycles. The zero-order valence-corrected chi connectivity index (χ0v) is 12.3. The number of nitrogens with zero attached hydrogens (tertiary/aromatic N) is 3. The normalized spacial score (nSPS) is 10.5. The van der Waals surface area contributed by atoms with Gasteiger partial charge >= 0.3 is 0 Å². The number of rotatable bonds is 4. The Labute approximate surface area is 119 Å². The van der Waals surface area contributed by atoms with Gasteiger partial charge in [-0.25, -0.2) is 9.97 Å². The van der Waals surface area contributed by atoms with Crippen molar-refractivity contribution in [3.63, 3.8) is 0 Å². The van der Waals surface area contributed by atoms with E-state index in [-0.39, 0.29) is 0 Å². The fourth-order valence-corrected chi connectivity index (χ4v) is 2.23. The minimum Gasteiger partial charge on any atom is -0.364 e. The molecule has 0 aliphatic heterocycles. The highest BCUT2D eigenvalue weighted by atomic mass is 35.5. The molecular weight excluding hydrogens is 258 g/mol. The Bertz CT molecular complexity index is 532. The van der Waals surface area contributed by atoms with Crippen LogP contribution in [0.5, 0.6) is 0 Å². The Morgan fingerprint density at radius 3 is 2.37 bits per heavy atom. The molecule has 2 aromatic rings. The van der Waals surface area contributed by atoms with Crippen molar-refractivity contribution in [2.45, 2.75) is 27.3 Å². The second-order valence-electron chi connectivity index (χ2n) is 4.60. The molecule has 0 N–H and O–H groups in total. The third kappa shape index (κ3) is 3.67. The maximum Gasteiger partial charge on any atom is 0.149 e. The van der Waals surface area contributed by atoms with Crippen molar-refractivity contribution in [3.8, 4) is 0 Å². The quantitative estimate of drug-likeness (QED) is 0.796. The summed E-state index contributed by atoms with van der Waals surface area (Å²) in [5.41, 5.74) is 3.33. The summed E-state index contributed by atoms with van der Waals surface area (Å²) in [6.45, 7) is 7.71. The molecule has 0 unspecified atom stereocenters. The molecular formula is C15H18ClN3. The molecule has 19 heavy (non-hydrogen) atoms. The van der Waals surface area contributed by atoms with Gasteiger partial charge in [0, 0.05) is 17.9 Å². The van der Waals surface area contributed by atoms with Gasteiger partial charge in [0.2, 0.25) is 0 Å². The second-order valence-corrected chi connectivity index (χ2v) is 4.99. The van der Waals surface area contributed by atoms with Gasteiger partial charge in [-0.1, -0.05) is 29.3 Å². The molecule has 0 atom stereocenters. The number of anilines is 1. The van der Waals surface area contributed by atoms with Gasteiger partial charge in [0.1, 0.15) is 11.0 Å². The van der Waals surface area contributed by atoms with Crippen LogP contribution in [-0.2, 0) is 6.54 Å². The second kappa shape index (κ2) is 6.02. The van der Waals surface area contributed by atoms with Crippen LogP contribution in [0.1, 0.15) is 24.0 Å². The van der Waals surface area contributed by atoms with Gasteiger partial charge in [-0.3, -0.25) is 0 Å². The van der Waals surface area contributed by atoms with E-state index >= 15 is 0 Å². The van der Waals surface area contributed by atoms with Crippen LogP contribution in [0.4, 0.5) is 5.69 Å². The summed E-state index contributed by atoms with van der Waals surface area (Å²) in [5.74, 6) is 0.757. The predicted molar refractivity (Wildman–Crippen MR) is 79.7 cm³/mol. The summed E-state index contributed by atoms with van der Waals surface area (Å²) in [5, 5.41) is 0.502. The molecule has 100 valence electrons. The van der Waals surface area contributed by atoms with Crippen LogP contribution in [0.25, 0.3) is 0 Å². The summed E-state index contributed by atoms with van der Waals surface area (Å²) >= 11 is 5.97. The Kier molecular flexibility index (Phi) is 4.38. The van der Waals surface area contributed by atoms with Gasteiger partial charge in [-0.15, -0.1) is 0 Å². The smallest absolute Gasteiger partial charge is 0.149 e. The summed E-state index contributed by atoms with van der Waals surface area (Å²) in [7, 11) is 0. The lowest BCUT2D eigenvalue weighted by Gasteiger charge is -2.22. The number of aryl methyl sites for hydroxylation is 2. The van der Waals surface area contributed by atoms with Crippen molar-refractivity contribution in [1.29, 1.82) is 0 Å². The largest absolute Gasteiger partial charge is 0.364 e. The minimum atomic E-state index is 0.502. The van der Waals surface area contributed by atoms with E-state index in [2.05, 4.69) is 53.0 Å². The molecule has 0 amide bonds. The number of halogens is 1. The van der Waals surface area contributed by atoms with Crippen molar-refractivity contribution in [2.75, 3.05) is 11.4 Å². The maximum atomic E-state index is 5.97. The van der Waals surface area contributed by atoms with E-state index in [1.165, 1.54) is 11.3 Å². The van der Waals surface area contributed by atoms with Gasteiger partial charge in [0.15, 0.2) is 0 Å². The van der Waals surface area contributed by atoms with Crippen molar-refractivity contribution in [3.05, 3.63) is 52.6 Å². The van der Waals surface area contributed by atoms with E-state index in [4.69, 9.17) is 11.6 Å². The van der Waals surface area contributed by atoms with Crippen molar-refractivity contribution in [1.82, 2.24) is 9.97 Å². The highest BCUT2D eigenvalue weighted by Crippen LogP contribution is 2.17. The van der Waals surface area contributed by atoms with E-state index in [1.807, 2.05) is 6.92 Å². The van der Waals surface area contributed by atoms with Crippen LogP contribution in [0.3, 0.4) is 0 Å². The van der Waals surface area contributed by atoms with E-state index in [0.29, 0.717) is 11.7 Å². The summed E-state index contributed by atoms with van der Waals surface area (Å²) in [6.07, 6.45) is 0. The van der Waals surface area contributed by atoms with Gasteiger partial charge in [-0.2, -0.15) is 0 Å². The van der Waals surface area contributed by atoms with Gasteiger partial charge in [0.25, 0.3) is 0 Å². The third-order valence-electron chi connectivity index (χ3n) is 2.98. The van der Waals surface area contributed by atoms with E-state index in [1.54, 1.807) is 6.07 Å². The highest BCUT2D eigenvalue weighted by Gasteiger charge is 2.08. The molecule has 0 spiro atoms. The Morgan fingerprint density at radius 1 is 1.11 bits per heavy atom.